The second kappa shape index (κ2) is 10.2. The number of hydrogen-bond acceptors (Lipinski definition) is 5. The van der Waals surface area contributed by atoms with Gasteiger partial charge in [-0.3, -0.25) is 24.5 Å². The first-order valence-electron chi connectivity index (χ1n) is 12.2. The molecule has 1 saturated carbocycles. The Labute approximate surface area is 213 Å². The van der Waals surface area contributed by atoms with Crippen molar-refractivity contribution in [2.75, 3.05) is 16.3 Å². The van der Waals surface area contributed by atoms with Crippen LogP contribution in [0, 0.1) is 16.0 Å². The van der Waals surface area contributed by atoms with Gasteiger partial charge < -0.3 is 15.1 Å². The molecule has 0 aromatic heterocycles. The van der Waals surface area contributed by atoms with E-state index in [4.69, 9.17) is 0 Å². The maximum Gasteiger partial charge on any atom is 0.282 e. The summed E-state index contributed by atoms with van der Waals surface area (Å²) in [5, 5.41) is 13.9. The van der Waals surface area contributed by atoms with E-state index in [0.29, 0.717) is 30.8 Å². The second-order valence-electron chi connectivity index (χ2n) is 9.22. The molecule has 5 rings (SSSR count). The van der Waals surface area contributed by atoms with E-state index in [1.54, 1.807) is 9.80 Å². The predicted molar refractivity (Wildman–Crippen MR) is 138 cm³/mol. The Morgan fingerprint density at radius 1 is 0.919 bits per heavy atom. The number of benzene rings is 3. The van der Waals surface area contributed by atoms with E-state index in [1.165, 1.54) is 24.3 Å². The van der Waals surface area contributed by atoms with Crippen molar-refractivity contribution in [2.45, 2.75) is 31.8 Å². The normalized spacial score (nSPS) is 18.5. The number of nitrogens with zero attached hydrogens (tertiary/aromatic N) is 3. The Kier molecular flexibility index (Phi) is 6.68. The number of nitro benzene ring substituents is 1. The first kappa shape index (κ1) is 24.2. The van der Waals surface area contributed by atoms with Gasteiger partial charge >= 0.3 is 0 Å². The standard InChI is InChI=1S/C28H26N4O5/c33-26(17-29-27(34)20-11-4-5-13-23(20)32(36)37)31-22-16-8-12-21(22)28(35)30(18-19-9-2-1-3-10-19)24-14-6-7-15-25(24)31/h1-7,9-11,13-15,21-22H,8,12,16-18H2,(H,29,34)/t21-,22+/m0/s1. The topological polar surface area (TPSA) is 113 Å². The average Bonchev–Trinajstić information content (AvgIpc) is 3.37. The quantitative estimate of drug-likeness (QED) is 0.407. The van der Waals surface area contributed by atoms with Gasteiger partial charge in [0.2, 0.25) is 11.8 Å². The minimum atomic E-state index is -0.700. The van der Waals surface area contributed by atoms with Crippen molar-refractivity contribution in [3.63, 3.8) is 0 Å². The maximum absolute atomic E-state index is 13.8. The fourth-order valence-electron chi connectivity index (χ4n) is 5.34. The molecule has 0 bridgehead atoms. The van der Waals surface area contributed by atoms with E-state index in [1.807, 2.05) is 54.6 Å². The van der Waals surface area contributed by atoms with Gasteiger partial charge in [-0.25, -0.2) is 0 Å². The molecule has 1 aliphatic carbocycles. The highest BCUT2D eigenvalue weighted by Gasteiger charge is 2.45. The van der Waals surface area contributed by atoms with Gasteiger partial charge in [-0.2, -0.15) is 0 Å². The van der Waals surface area contributed by atoms with Crippen molar-refractivity contribution >= 4 is 34.8 Å². The number of rotatable bonds is 6. The minimum absolute atomic E-state index is 0.0157. The number of nitro groups is 1. The Hall–Kier alpha value is -4.53. The van der Waals surface area contributed by atoms with E-state index < -0.39 is 10.8 Å². The number of fused-ring (bicyclic) bond motifs is 2. The summed E-state index contributed by atoms with van der Waals surface area (Å²) in [4.78, 5) is 54.3. The maximum atomic E-state index is 13.8. The third-order valence-electron chi connectivity index (χ3n) is 7.02. The van der Waals surface area contributed by atoms with E-state index in [2.05, 4.69) is 5.32 Å². The summed E-state index contributed by atoms with van der Waals surface area (Å²) in [5.41, 5.74) is 1.80. The van der Waals surface area contributed by atoms with Gasteiger partial charge in [-0.15, -0.1) is 0 Å². The van der Waals surface area contributed by atoms with Crippen LogP contribution in [-0.4, -0.2) is 35.2 Å². The molecule has 9 heteroatoms. The van der Waals surface area contributed by atoms with Crippen LogP contribution in [0.3, 0.4) is 0 Å². The molecule has 0 radical (unpaired) electrons. The molecule has 2 atom stereocenters. The van der Waals surface area contributed by atoms with Gasteiger partial charge in [0.05, 0.1) is 35.3 Å². The van der Waals surface area contributed by atoms with E-state index in [-0.39, 0.29) is 41.6 Å². The largest absolute Gasteiger partial charge is 0.343 e. The lowest BCUT2D eigenvalue weighted by molar-refractivity contribution is -0.385. The smallest absolute Gasteiger partial charge is 0.282 e. The van der Waals surface area contributed by atoms with E-state index >= 15 is 0 Å². The van der Waals surface area contributed by atoms with Crippen LogP contribution in [-0.2, 0) is 16.1 Å². The molecule has 0 saturated heterocycles. The second-order valence-corrected chi connectivity index (χ2v) is 9.22. The first-order chi connectivity index (χ1) is 18.0. The molecule has 1 aliphatic heterocycles. The number of amides is 3. The third kappa shape index (κ3) is 4.67. The summed E-state index contributed by atoms with van der Waals surface area (Å²) in [6.45, 7) is 0.0334. The number of nitrogens with one attached hydrogen (secondary N) is 1. The van der Waals surface area contributed by atoms with Crippen LogP contribution in [0.5, 0.6) is 0 Å². The average molecular weight is 499 g/mol. The van der Waals surface area contributed by atoms with E-state index in [9.17, 15) is 24.5 Å². The van der Waals surface area contributed by atoms with Gasteiger partial charge in [0.15, 0.2) is 0 Å². The number of anilines is 2. The predicted octanol–water partition coefficient (Wildman–Crippen LogP) is 4.07. The molecule has 2 aliphatic rings. The lowest BCUT2D eigenvalue weighted by Gasteiger charge is -2.30. The molecule has 1 heterocycles. The molecule has 3 aromatic carbocycles. The highest BCUT2D eigenvalue weighted by molar-refractivity contribution is 6.08. The summed E-state index contributed by atoms with van der Waals surface area (Å²) in [6.07, 6.45) is 2.16. The van der Waals surface area contributed by atoms with Crippen LogP contribution >= 0.6 is 0 Å². The van der Waals surface area contributed by atoms with Gasteiger partial charge in [0, 0.05) is 12.1 Å². The van der Waals surface area contributed by atoms with Crippen LogP contribution in [0.4, 0.5) is 17.1 Å². The van der Waals surface area contributed by atoms with E-state index in [0.717, 1.165) is 12.0 Å². The Balaban J connectivity index is 1.45. The molecule has 9 nitrogen and oxygen atoms in total. The van der Waals surface area contributed by atoms with Crippen molar-refractivity contribution < 1.29 is 19.3 Å². The zero-order chi connectivity index (χ0) is 25.9. The van der Waals surface area contributed by atoms with Crippen molar-refractivity contribution in [1.82, 2.24) is 5.32 Å². The van der Waals surface area contributed by atoms with Crippen molar-refractivity contribution in [3.05, 3.63) is 100 Å². The molecule has 37 heavy (non-hydrogen) atoms. The van der Waals surface area contributed by atoms with Crippen LogP contribution < -0.4 is 15.1 Å². The molecule has 3 amide bonds. The van der Waals surface area contributed by atoms with Crippen molar-refractivity contribution in [1.29, 1.82) is 0 Å². The van der Waals surface area contributed by atoms with Crippen LogP contribution in [0.2, 0.25) is 0 Å². The Morgan fingerprint density at radius 3 is 2.35 bits per heavy atom. The molecule has 1 N–H and O–H groups in total. The summed E-state index contributed by atoms with van der Waals surface area (Å²) in [5.74, 6) is -1.44. The highest BCUT2D eigenvalue weighted by atomic mass is 16.6. The molecule has 3 aromatic rings. The lowest BCUT2D eigenvalue weighted by Crippen LogP contribution is -2.48. The molecule has 188 valence electrons. The number of carbonyl (C=O) groups excluding carboxylic acids is 3. The zero-order valence-corrected chi connectivity index (χ0v) is 20.1. The fourth-order valence-corrected chi connectivity index (χ4v) is 5.34. The first-order valence-corrected chi connectivity index (χ1v) is 12.2. The summed E-state index contributed by atoms with van der Waals surface area (Å²) < 4.78 is 0. The summed E-state index contributed by atoms with van der Waals surface area (Å²) in [7, 11) is 0. The molecular weight excluding hydrogens is 472 g/mol. The monoisotopic (exact) mass is 498 g/mol. The van der Waals surface area contributed by atoms with Crippen LogP contribution in [0.1, 0.15) is 35.2 Å². The zero-order valence-electron chi connectivity index (χ0n) is 20.1. The summed E-state index contributed by atoms with van der Waals surface area (Å²) >= 11 is 0. The molecule has 1 fully saturated rings. The fraction of sp³-hybridized carbons (Fsp3) is 0.250. The SMILES string of the molecule is O=C(NCC(=O)N1c2ccccc2N(Cc2ccccc2)C(=O)[C@H]2CCC[C@H]21)c1ccccc1[N+](=O)[O-]. The van der Waals surface area contributed by atoms with Crippen molar-refractivity contribution in [3.8, 4) is 0 Å². The molecular formula is C28H26N4O5. The molecule has 0 unspecified atom stereocenters. The van der Waals surface area contributed by atoms with Gasteiger partial charge in [0.25, 0.3) is 11.6 Å². The van der Waals surface area contributed by atoms with Crippen molar-refractivity contribution in [2.24, 2.45) is 5.92 Å². The molecule has 0 spiro atoms. The minimum Gasteiger partial charge on any atom is -0.343 e. The van der Waals surface area contributed by atoms with Gasteiger partial charge in [-0.1, -0.05) is 61.0 Å². The lowest BCUT2D eigenvalue weighted by atomic mass is 10.0. The van der Waals surface area contributed by atoms with Gasteiger partial charge in [-0.05, 0) is 36.6 Å². The van der Waals surface area contributed by atoms with Gasteiger partial charge in [0.1, 0.15) is 5.56 Å². The Bertz CT molecular complexity index is 1360. The number of para-hydroxylation sites is 3. The Morgan fingerprint density at radius 2 is 1.59 bits per heavy atom. The van der Waals surface area contributed by atoms with Crippen LogP contribution in [0.25, 0.3) is 0 Å². The summed E-state index contributed by atoms with van der Waals surface area (Å²) in [6, 6.07) is 22.3. The highest BCUT2D eigenvalue weighted by Crippen LogP contribution is 2.43. The number of hydrogen-bond donors (Lipinski definition) is 1. The van der Waals surface area contributed by atoms with Crippen LogP contribution in [0.15, 0.2) is 78.9 Å². The third-order valence-corrected chi connectivity index (χ3v) is 7.02. The number of carbonyl (C=O) groups is 3.